The summed E-state index contributed by atoms with van der Waals surface area (Å²) in [5, 5.41) is 4.22. The van der Waals surface area contributed by atoms with E-state index in [1.165, 1.54) is 9.71 Å². The van der Waals surface area contributed by atoms with E-state index in [9.17, 15) is 4.79 Å². The lowest BCUT2D eigenvalue weighted by Crippen LogP contribution is -2.38. The maximum absolute atomic E-state index is 12.5. The number of amides is 1. The first-order chi connectivity index (χ1) is 13.8. The summed E-state index contributed by atoms with van der Waals surface area (Å²) in [6.45, 7) is 2.23. The molecule has 8 heteroatoms. The monoisotopic (exact) mass is 409 g/mol. The molecule has 4 aromatic rings. The average molecular weight is 410 g/mol. The fraction of sp³-hybridized carbons (Fsp3) is 0.300. The highest BCUT2D eigenvalue weighted by molar-refractivity contribution is 7.18. The number of piperidine rings is 1. The van der Waals surface area contributed by atoms with Crippen LogP contribution in [0.2, 0.25) is 0 Å². The van der Waals surface area contributed by atoms with Crippen molar-refractivity contribution < 1.29 is 4.79 Å². The Labute approximate surface area is 170 Å². The predicted molar refractivity (Wildman–Crippen MR) is 114 cm³/mol. The van der Waals surface area contributed by atoms with Crippen LogP contribution in [0.1, 0.15) is 23.8 Å². The predicted octanol–water partition coefficient (Wildman–Crippen LogP) is 4.12. The van der Waals surface area contributed by atoms with Crippen LogP contribution >= 0.6 is 23.1 Å². The topological polar surface area (TPSA) is 71.0 Å². The smallest absolute Gasteiger partial charge is 0.238 e. The van der Waals surface area contributed by atoms with Crippen molar-refractivity contribution in [3.63, 3.8) is 0 Å². The molecular weight excluding hydrogens is 390 g/mol. The number of nitrogens with zero attached hydrogens (tertiary/aromatic N) is 4. The first-order valence-corrected chi connectivity index (χ1v) is 10.9. The number of thiazole rings is 1. The van der Waals surface area contributed by atoms with E-state index >= 15 is 0 Å². The van der Waals surface area contributed by atoms with Crippen LogP contribution in [-0.2, 0) is 4.79 Å². The summed E-state index contributed by atoms with van der Waals surface area (Å²) in [6, 6.07) is 14.0. The van der Waals surface area contributed by atoms with E-state index in [1.807, 2.05) is 24.3 Å². The molecule has 0 atom stereocenters. The van der Waals surface area contributed by atoms with Crippen molar-refractivity contribution >= 4 is 55.9 Å². The summed E-state index contributed by atoms with van der Waals surface area (Å²) in [7, 11) is 0. The molecule has 1 aliphatic heterocycles. The van der Waals surface area contributed by atoms with Gasteiger partial charge >= 0.3 is 0 Å². The zero-order valence-electron chi connectivity index (χ0n) is 15.2. The number of carbonyl (C=O) groups is 1. The Hall–Kier alpha value is -2.42. The molecular formula is C20H19N5OS2. The molecule has 0 aliphatic carbocycles. The third kappa shape index (κ3) is 3.50. The van der Waals surface area contributed by atoms with Crippen LogP contribution in [0.15, 0.2) is 42.5 Å². The number of fused-ring (bicyclic) bond motifs is 2. The Morgan fingerprint density at radius 2 is 1.89 bits per heavy atom. The summed E-state index contributed by atoms with van der Waals surface area (Å²) >= 11 is 2.96. The number of hydrogen-bond donors (Lipinski definition) is 1. The van der Waals surface area contributed by atoms with Crippen LogP contribution in [0.5, 0.6) is 0 Å². The van der Waals surface area contributed by atoms with Gasteiger partial charge in [-0.1, -0.05) is 18.2 Å². The Morgan fingerprint density at radius 1 is 1.07 bits per heavy atom. The van der Waals surface area contributed by atoms with Crippen LogP contribution < -0.4 is 5.32 Å². The normalized spacial score (nSPS) is 16.0. The highest BCUT2D eigenvalue weighted by Gasteiger charge is 2.24. The second kappa shape index (κ2) is 7.54. The number of hydrogen-bond acceptors (Lipinski definition) is 7. The summed E-state index contributed by atoms with van der Waals surface area (Å²) in [4.78, 5) is 19.5. The average Bonchev–Trinajstić information content (AvgIpc) is 3.36. The molecule has 1 N–H and O–H groups in total. The second-order valence-electron chi connectivity index (χ2n) is 7.06. The highest BCUT2D eigenvalue weighted by Crippen LogP contribution is 2.33. The molecule has 1 fully saturated rings. The maximum Gasteiger partial charge on any atom is 0.238 e. The number of benzene rings is 2. The number of anilines is 1. The molecule has 0 spiro atoms. The van der Waals surface area contributed by atoms with E-state index in [0.29, 0.717) is 12.5 Å². The molecule has 3 heterocycles. The Bertz CT molecular complexity index is 1100. The van der Waals surface area contributed by atoms with Crippen molar-refractivity contribution in [1.82, 2.24) is 18.6 Å². The third-order valence-electron chi connectivity index (χ3n) is 5.17. The van der Waals surface area contributed by atoms with Crippen molar-refractivity contribution in [3.05, 3.63) is 47.5 Å². The fourth-order valence-electron chi connectivity index (χ4n) is 3.70. The summed E-state index contributed by atoms with van der Waals surface area (Å²) < 4.78 is 9.75. The highest BCUT2D eigenvalue weighted by atomic mass is 32.1. The van der Waals surface area contributed by atoms with Gasteiger partial charge in [0.25, 0.3) is 0 Å². The molecule has 2 aromatic carbocycles. The molecule has 1 amide bonds. The second-order valence-corrected chi connectivity index (χ2v) is 8.65. The van der Waals surface area contributed by atoms with Crippen molar-refractivity contribution in [2.24, 2.45) is 0 Å². The molecule has 0 saturated carbocycles. The minimum absolute atomic E-state index is 0.000984. The van der Waals surface area contributed by atoms with E-state index in [2.05, 4.69) is 37.2 Å². The number of aromatic nitrogens is 3. The minimum Gasteiger partial charge on any atom is -0.323 e. The van der Waals surface area contributed by atoms with Crippen LogP contribution in [0.3, 0.4) is 0 Å². The minimum atomic E-state index is -0.000984. The molecule has 6 nitrogen and oxygen atoms in total. The number of nitrogens with one attached hydrogen (secondary N) is 1. The molecule has 5 rings (SSSR count). The molecule has 28 heavy (non-hydrogen) atoms. The van der Waals surface area contributed by atoms with E-state index < -0.39 is 0 Å². The van der Waals surface area contributed by atoms with E-state index in [1.54, 1.807) is 11.3 Å². The number of likely N-dealkylation sites (tertiary alicyclic amines) is 1. The van der Waals surface area contributed by atoms with Crippen molar-refractivity contribution in [2.45, 2.75) is 18.8 Å². The van der Waals surface area contributed by atoms with Gasteiger partial charge in [0.05, 0.1) is 39.2 Å². The van der Waals surface area contributed by atoms with Gasteiger partial charge in [-0.15, -0.1) is 11.3 Å². The number of para-hydroxylation sites is 1. The van der Waals surface area contributed by atoms with Gasteiger partial charge in [0.2, 0.25) is 5.91 Å². The van der Waals surface area contributed by atoms with Gasteiger partial charge in [0, 0.05) is 5.92 Å². The lowest BCUT2D eigenvalue weighted by atomic mass is 9.97. The molecule has 1 aliphatic rings. The Balaban J connectivity index is 1.19. The standard InChI is InChI=1S/C20H19N5OS2/c26-18(21-15-5-3-6-16-19(15)24-28-23-16)12-25-10-8-13(9-11-25)20-22-14-4-1-2-7-17(14)27-20/h1-7,13H,8-12H2,(H,21,26). The quantitative estimate of drug-likeness (QED) is 0.549. The summed E-state index contributed by atoms with van der Waals surface area (Å²) in [5.74, 6) is 0.491. The van der Waals surface area contributed by atoms with Gasteiger partial charge in [0.1, 0.15) is 11.0 Å². The van der Waals surface area contributed by atoms with Crippen molar-refractivity contribution in [1.29, 1.82) is 0 Å². The fourth-order valence-corrected chi connectivity index (χ4v) is 5.39. The van der Waals surface area contributed by atoms with Crippen LogP contribution in [0, 0.1) is 0 Å². The third-order valence-corrected chi connectivity index (χ3v) is 6.92. The van der Waals surface area contributed by atoms with Crippen LogP contribution in [0.25, 0.3) is 21.3 Å². The molecule has 0 unspecified atom stereocenters. The number of carbonyl (C=O) groups excluding carboxylic acids is 1. The zero-order chi connectivity index (χ0) is 18.9. The first-order valence-electron chi connectivity index (χ1n) is 9.35. The lowest BCUT2D eigenvalue weighted by Gasteiger charge is -2.30. The van der Waals surface area contributed by atoms with Crippen LogP contribution in [0.4, 0.5) is 5.69 Å². The number of rotatable bonds is 4. The molecule has 0 bridgehead atoms. The van der Waals surface area contributed by atoms with Crippen molar-refractivity contribution in [2.75, 3.05) is 25.0 Å². The lowest BCUT2D eigenvalue weighted by molar-refractivity contribution is -0.117. The largest absolute Gasteiger partial charge is 0.323 e. The Morgan fingerprint density at radius 3 is 2.75 bits per heavy atom. The maximum atomic E-state index is 12.5. The molecule has 2 aromatic heterocycles. The Kier molecular flexibility index (Phi) is 4.76. The van der Waals surface area contributed by atoms with Gasteiger partial charge < -0.3 is 5.32 Å². The van der Waals surface area contributed by atoms with E-state index in [0.717, 1.165) is 59.9 Å². The van der Waals surface area contributed by atoms with E-state index in [-0.39, 0.29) is 5.91 Å². The molecule has 0 radical (unpaired) electrons. The van der Waals surface area contributed by atoms with Crippen LogP contribution in [-0.4, -0.2) is 44.2 Å². The van der Waals surface area contributed by atoms with Gasteiger partial charge in [-0.25, -0.2) is 4.98 Å². The summed E-state index contributed by atoms with van der Waals surface area (Å²) in [5.41, 5.74) is 3.41. The first kappa shape index (κ1) is 17.7. The van der Waals surface area contributed by atoms with Gasteiger partial charge in [-0.05, 0) is 50.2 Å². The molecule has 1 saturated heterocycles. The molecule has 142 valence electrons. The zero-order valence-corrected chi connectivity index (χ0v) is 16.8. The van der Waals surface area contributed by atoms with Crippen molar-refractivity contribution in [3.8, 4) is 0 Å². The van der Waals surface area contributed by atoms with Gasteiger partial charge in [0.15, 0.2) is 0 Å². The SMILES string of the molecule is O=C(CN1CCC(c2nc3ccccc3s2)CC1)Nc1cccc2nsnc12. The summed E-state index contributed by atoms with van der Waals surface area (Å²) in [6.07, 6.45) is 2.08. The van der Waals surface area contributed by atoms with Gasteiger partial charge in [-0.2, -0.15) is 8.75 Å². The van der Waals surface area contributed by atoms with E-state index in [4.69, 9.17) is 4.98 Å². The van der Waals surface area contributed by atoms with Gasteiger partial charge in [-0.3, -0.25) is 9.69 Å².